The van der Waals surface area contributed by atoms with E-state index in [4.69, 9.17) is 0 Å². The van der Waals surface area contributed by atoms with Crippen LogP contribution in [-0.4, -0.2) is 25.5 Å². The van der Waals surface area contributed by atoms with Crippen LogP contribution in [0.4, 0.5) is 4.39 Å². The maximum absolute atomic E-state index is 12.9. The second-order valence-corrected chi connectivity index (χ2v) is 3.91. The Morgan fingerprint density at radius 1 is 1.35 bits per heavy atom. The molecule has 1 aromatic rings. The lowest BCUT2D eigenvalue weighted by Crippen LogP contribution is -2.35. The zero-order chi connectivity index (χ0) is 12.5. The average molecular weight is 238 g/mol. The zero-order valence-electron chi connectivity index (χ0n) is 10.1. The van der Waals surface area contributed by atoms with Gasteiger partial charge < -0.3 is 10.6 Å². The van der Waals surface area contributed by atoms with E-state index >= 15 is 0 Å². The van der Waals surface area contributed by atoms with E-state index in [0.29, 0.717) is 19.6 Å². The topological polar surface area (TPSA) is 41.1 Å². The van der Waals surface area contributed by atoms with E-state index in [9.17, 15) is 9.18 Å². The Labute approximate surface area is 101 Å². The van der Waals surface area contributed by atoms with Crippen LogP contribution in [0.15, 0.2) is 24.3 Å². The highest BCUT2D eigenvalue weighted by Crippen LogP contribution is 2.03. The third-order valence-electron chi connectivity index (χ3n) is 2.34. The summed E-state index contributed by atoms with van der Waals surface area (Å²) in [6, 6.07) is 6.51. The van der Waals surface area contributed by atoms with Crippen molar-refractivity contribution < 1.29 is 9.18 Å². The van der Waals surface area contributed by atoms with Gasteiger partial charge in [-0.2, -0.15) is 0 Å². The van der Waals surface area contributed by atoms with E-state index in [-0.39, 0.29) is 11.7 Å². The molecule has 0 aliphatic heterocycles. The highest BCUT2D eigenvalue weighted by Gasteiger charge is 1.99. The number of halogens is 1. The second-order valence-electron chi connectivity index (χ2n) is 3.91. The molecule has 0 atom stereocenters. The van der Waals surface area contributed by atoms with Gasteiger partial charge in [0.05, 0.1) is 6.54 Å². The van der Waals surface area contributed by atoms with E-state index in [1.54, 1.807) is 6.07 Å². The fourth-order valence-corrected chi connectivity index (χ4v) is 1.45. The standard InChI is InChI=1S/C13H19FN2O/c1-2-7-16-13(17)10-15-8-6-11-4-3-5-12(14)9-11/h3-5,9,15H,2,6-8,10H2,1H3,(H,16,17). The van der Waals surface area contributed by atoms with Gasteiger partial charge in [0.2, 0.25) is 5.91 Å². The van der Waals surface area contributed by atoms with Crippen molar-refractivity contribution in [3.05, 3.63) is 35.6 Å². The van der Waals surface area contributed by atoms with Crippen LogP contribution in [0.2, 0.25) is 0 Å². The third kappa shape index (κ3) is 6.02. The molecule has 0 heterocycles. The molecule has 2 N–H and O–H groups in total. The number of nitrogens with one attached hydrogen (secondary N) is 2. The Bertz CT molecular complexity index is 355. The Hall–Kier alpha value is -1.42. The van der Waals surface area contributed by atoms with E-state index in [0.717, 1.165) is 18.4 Å². The van der Waals surface area contributed by atoms with Gasteiger partial charge in [-0.25, -0.2) is 4.39 Å². The van der Waals surface area contributed by atoms with Crippen LogP contribution in [0.1, 0.15) is 18.9 Å². The molecule has 0 aliphatic rings. The van der Waals surface area contributed by atoms with Gasteiger partial charge in [0, 0.05) is 6.54 Å². The lowest BCUT2D eigenvalue weighted by Gasteiger charge is -2.05. The van der Waals surface area contributed by atoms with Crippen LogP contribution in [0.5, 0.6) is 0 Å². The van der Waals surface area contributed by atoms with E-state index in [2.05, 4.69) is 10.6 Å². The molecule has 0 bridgehead atoms. The molecule has 0 saturated heterocycles. The molecule has 1 rings (SSSR count). The summed E-state index contributed by atoms with van der Waals surface area (Å²) in [4.78, 5) is 11.2. The monoisotopic (exact) mass is 238 g/mol. The molecule has 0 radical (unpaired) electrons. The quantitative estimate of drug-likeness (QED) is 0.707. The van der Waals surface area contributed by atoms with Gasteiger partial charge in [0.1, 0.15) is 5.82 Å². The average Bonchev–Trinajstić information content (AvgIpc) is 2.32. The maximum atomic E-state index is 12.9. The number of carbonyl (C=O) groups is 1. The Kier molecular flexibility index (Phi) is 6.25. The SMILES string of the molecule is CCCNC(=O)CNCCc1cccc(F)c1. The molecule has 17 heavy (non-hydrogen) atoms. The van der Waals surface area contributed by atoms with Crippen LogP contribution in [0.25, 0.3) is 0 Å². The van der Waals surface area contributed by atoms with E-state index < -0.39 is 0 Å². The number of benzene rings is 1. The fourth-order valence-electron chi connectivity index (χ4n) is 1.45. The first-order valence-electron chi connectivity index (χ1n) is 5.94. The molecule has 1 aromatic carbocycles. The van der Waals surface area contributed by atoms with Gasteiger partial charge in [0.15, 0.2) is 0 Å². The van der Waals surface area contributed by atoms with Crippen molar-refractivity contribution in [3.63, 3.8) is 0 Å². The van der Waals surface area contributed by atoms with Crippen molar-refractivity contribution in [1.29, 1.82) is 0 Å². The zero-order valence-corrected chi connectivity index (χ0v) is 10.1. The molecule has 4 heteroatoms. The van der Waals surface area contributed by atoms with Crippen molar-refractivity contribution in [1.82, 2.24) is 10.6 Å². The molecule has 0 saturated carbocycles. The van der Waals surface area contributed by atoms with E-state index in [1.165, 1.54) is 12.1 Å². The molecule has 0 aliphatic carbocycles. The maximum Gasteiger partial charge on any atom is 0.233 e. The first kappa shape index (κ1) is 13.6. The summed E-state index contributed by atoms with van der Waals surface area (Å²) in [5.41, 5.74) is 0.937. The van der Waals surface area contributed by atoms with Crippen molar-refractivity contribution in [2.75, 3.05) is 19.6 Å². The molecule has 94 valence electrons. The fraction of sp³-hybridized carbons (Fsp3) is 0.462. The molecule has 0 unspecified atom stereocenters. The molecule has 0 fully saturated rings. The summed E-state index contributed by atoms with van der Waals surface area (Å²) < 4.78 is 12.9. The summed E-state index contributed by atoms with van der Waals surface area (Å²) in [6.07, 6.45) is 1.66. The van der Waals surface area contributed by atoms with Crippen LogP contribution < -0.4 is 10.6 Å². The largest absolute Gasteiger partial charge is 0.355 e. The summed E-state index contributed by atoms with van der Waals surface area (Å²) in [5, 5.41) is 5.81. The van der Waals surface area contributed by atoms with Crippen molar-refractivity contribution in [2.45, 2.75) is 19.8 Å². The minimum absolute atomic E-state index is 0.00564. The molecule has 0 spiro atoms. The van der Waals surface area contributed by atoms with Crippen LogP contribution in [0.3, 0.4) is 0 Å². The summed E-state index contributed by atoms with van der Waals surface area (Å²) >= 11 is 0. The highest BCUT2D eigenvalue weighted by atomic mass is 19.1. The molecule has 1 amide bonds. The number of carbonyl (C=O) groups excluding carboxylic acids is 1. The number of rotatable bonds is 7. The lowest BCUT2D eigenvalue weighted by atomic mass is 10.1. The van der Waals surface area contributed by atoms with Gasteiger partial charge in [-0.05, 0) is 37.1 Å². The number of hydrogen-bond acceptors (Lipinski definition) is 2. The second kappa shape index (κ2) is 7.79. The van der Waals surface area contributed by atoms with Gasteiger partial charge in [-0.15, -0.1) is 0 Å². The molecular weight excluding hydrogens is 219 g/mol. The summed E-state index contributed by atoms with van der Waals surface area (Å²) in [6.45, 7) is 3.71. The smallest absolute Gasteiger partial charge is 0.233 e. The third-order valence-corrected chi connectivity index (χ3v) is 2.34. The lowest BCUT2D eigenvalue weighted by molar-refractivity contribution is -0.120. The summed E-state index contributed by atoms with van der Waals surface area (Å²) in [7, 11) is 0. The van der Waals surface area contributed by atoms with Crippen molar-refractivity contribution in [2.24, 2.45) is 0 Å². The number of hydrogen-bond donors (Lipinski definition) is 2. The van der Waals surface area contributed by atoms with Gasteiger partial charge in [0.25, 0.3) is 0 Å². The Balaban J connectivity index is 2.14. The molecular formula is C13H19FN2O. The van der Waals surface area contributed by atoms with E-state index in [1.807, 2.05) is 13.0 Å². The predicted octanol–water partition coefficient (Wildman–Crippen LogP) is 1.48. The Morgan fingerprint density at radius 2 is 2.18 bits per heavy atom. The molecule has 3 nitrogen and oxygen atoms in total. The van der Waals surface area contributed by atoms with Gasteiger partial charge in [-0.1, -0.05) is 19.1 Å². The van der Waals surface area contributed by atoms with Crippen molar-refractivity contribution in [3.8, 4) is 0 Å². The van der Waals surface area contributed by atoms with Gasteiger partial charge in [-0.3, -0.25) is 4.79 Å². The van der Waals surface area contributed by atoms with Crippen LogP contribution in [0, 0.1) is 5.82 Å². The number of amides is 1. The predicted molar refractivity (Wildman–Crippen MR) is 66.3 cm³/mol. The molecule has 0 aromatic heterocycles. The van der Waals surface area contributed by atoms with Gasteiger partial charge >= 0.3 is 0 Å². The van der Waals surface area contributed by atoms with Crippen LogP contribution >= 0.6 is 0 Å². The normalized spacial score (nSPS) is 10.2. The minimum atomic E-state index is -0.219. The summed E-state index contributed by atoms with van der Waals surface area (Å²) in [5.74, 6) is -0.214. The highest BCUT2D eigenvalue weighted by molar-refractivity contribution is 5.77. The first-order valence-corrected chi connectivity index (χ1v) is 5.94. The minimum Gasteiger partial charge on any atom is -0.355 e. The Morgan fingerprint density at radius 3 is 2.88 bits per heavy atom. The van der Waals surface area contributed by atoms with Crippen LogP contribution in [-0.2, 0) is 11.2 Å². The first-order chi connectivity index (χ1) is 8.22. The van der Waals surface area contributed by atoms with Crippen molar-refractivity contribution >= 4 is 5.91 Å².